The topological polar surface area (TPSA) is 39.1 Å². The van der Waals surface area contributed by atoms with Crippen molar-refractivity contribution >= 4 is 43.3 Å². The molecule has 2 aromatic carbocycles. The summed E-state index contributed by atoms with van der Waals surface area (Å²) in [6.45, 7) is 0. The molecule has 0 bridgehead atoms. The zero-order chi connectivity index (χ0) is 14.3. The maximum absolute atomic E-state index is 12.4. The van der Waals surface area contributed by atoms with E-state index in [9.17, 15) is 9.59 Å². The Balaban J connectivity index is 2.08. The number of ketones is 1. The average molecular weight is 348 g/mol. The van der Waals surface area contributed by atoms with Gasteiger partial charge in [0.25, 0.3) is 0 Å². The molecule has 0 spiro atoms. The van der Waals surface area contributed by atoms with Gasteiger partial charge in [-0.3, -0.25) is 9.59 Å². The number of hydrogen-bond donors (Lipinski definition) is 0. The second kappa shape index (κ2) is 5.00. The Hall–Kier alpha value is -1.72. The minimum absolute atomic E-state index is 0.0201. The van der Waals surface area contributed by atoms with Crippen molar-refractivity contribution in [3.05, 3.63) is 67.7 Å². The van der Waals surface area contributed by atoms with E-state index in [1.807, 2.05) is 18.2 Å². The number of thiazole rings is 1. The van der Waals surface area contributed by atoms with Crippen molar-refractivity contribution in [3.63, 3.8) is 0 Å². The van der Waals surface area contributed by atoms with Crippen LogP contribution in [0.25, 0.3) is 10.2 Å². The highest BCUT2D eigenvalue weighted by Crippen LogP contribution is 2.21. The van der Waals surface area contributed by atoms with E-state index in [1.165, 1.54) is 0 Å². The molecular formula is C15H10BrNO2S. The number of aryl methyl sites for hydroxylation is 1. The van der Waals surface area contributed by atoms with Gasteiger partial charge in [0.1, 0.15) is 0 Å². The highest BCUT2D eigenvalue weighted by molar-refractivity contribution is 9.10. The first-order chi connectivity index (χ1) is 9.56. The number of rotatable bonds is 2. The second-order valence-electron chi connectivity index (χ2n) is 4.45. The van der Waals surface area contributed by atoms with Gasteiger partial charge in [0.05, 0.1) is 10.2 Å². The number of nitrogens with zero attached hydrogens (tertiary/aromatic N) is 1. The fourth-order valence-corrected chi connectivity index (χ4v) is 3.23. The molecule has 0 saturated carbocycles. The predicted octanol–water partition coefficient (Wildman–Crippen LogP) is 3.59. The van der Waals surface area contributed by atoms with Gasteiger partial charge < -0.3 is 4.57 Å². The summed E-state index contributed by atoms with van der Waals surface area (Å²) in [5, 5.41) is 0. The monoisotopic (exact) mass is 347 g/mol. The van der Waals surface area contributed by atoms with E-state index in [2.05, 4.69) is 15.9 Å². The van der Waals surface area contributed by atoms with E-state index >= 15 is 0 Å². The minimum Gasteiger partial charge on any atom is -0.302 e. The van der Waals surface area contributed by atoms with E-state index in [0.717, 1.165) is 26.0 Å². The maximum Gasteiger partial charge on any atom is 0.307 e. The molecular weight excluding hydrogens is 338 g/mol. The molecule has 0 radical (unpaired) electrons. The van der Waals surface area contributed by atoms with Crippen molar-refractivity contribution in [2.45, 2.75) is 0 Å². The molecule has 0 fully saturated rings. The number of carbonyl (C=O) groups excluding carboxylic acids is 1. The Bertz CT molecular complexity index is 862. The lowest BCUT2D eigenvalue weighted by molar-refractivity contribution is 0.103. The number of benzene rings is 2. The first-order valence-corrected chi connectivity index (χ1v) is 7.57. The summed E-state index contributed by atoms with van der Waals surface area (Å²) < 4.78 is 3.36. The minimum atomic E-state index is -0.0390. The zero-order valence-electron chi connectivity index (χ0n) is 10.6. The van der Waals surface area contributed by atoms with Crippen LogP contribution < -0.4 is 4.87 Å². The second-order valence-corrected chi connectivity index (χ2v) is 6.35. The van der Waals surface area contributed by atoms with Crippen LogP contribution in [0.15, 0.2) is 51.7 Å². The first kappa shape index (κ1) is 13.3. The summed E-state index contributed by atoms with van der Waals surface area (Å²) >= 11 is 4.50. The van der Waals surface area contributed by atoms with Gasteiger partial charge in [-0.25, -0.2) is 0 Å². The summed E-state index contributed by atoms with van der Waals surface area (Å²) in [4.78, 5) is 24.0. The van der Waals surface area contributed by atoms with Crippen LogP contribution in [0, 0.1) is 0 Å². The molecule has 3 nitrogen and oxygen atoms in total. The van der Waals surface area contributed by atoms with Crippen LogP contribution >= 0.6 is 27.3 Å². The highest BCUT2D eigenvalue weighted by atomic mass is 79.9. The van der Waals surface area contributed by atoms with Crippen LogP contribution in [-0.4, -0.2) is 10.4 Å². The summed E-state index contributed by atoms with van der Waals surface area (Å²) in [6, 6.07) is 12.6. The largest absolute Gasteiger partial charge is 0.307 e. The van der Waals surface area contributed by atoms with Crippen molar-refractivity contribution in [1.29, 1.82) is 0 Å². The summed E-state index contributed by atoms with van der Waals surface area (Å²) in [5.74, 6) is -0.0390. The van der Waals surface area contributed by atoms with Gasteiger partial charge in [-0.2, -0.15) is 0 Å². The third kappa shape index (κ3) is 2.23. The maximum atomic E-state index is 12.4. The third-order valence-electron chi connectivity index (χ3n) is 3.16. The van der Waals surface area contributed by atoms with E-state index in [4.69, 9.17) is 0 Å². The normalized spacial score (nSPS) is 10.9. The molecule has 3 aromatic rings. The third-order valence-corrected chi connectivity index (χ3v) is 4.68. The van der Waals surface area contributed by atoms with Gasteiger partial charge in [0.15, 0.2) is 5.78 Å². The lowest BCUT2D eigenvalue weighted by atomic mass is 10.0. The number of aromatic nitrogens is 1. The number of halogens is 1. The molecule has 0 N–H and O–H groups in total. The first-order valence-electron chi connectivity index (χ1n) is 5.96. The van der Waals surface area contributed by atoms with Gasteiger partial charge >= 0.3 is 4.87 Å². The number of hydrogen-bond acceptors (Lipinski definition) is 3. The van der Waals surface area contributed by atoms with Crippen molar-refractivity contribution in [1.82, 2.24) is 4.57 Å². The fourth-order valence-electron chi connectivity index (χ4n) is 2.04. The Morgan fingerprint density at radius 2 is 1.75 bits per heavy atom. The van der Waals surface area contributed by atoms with Crippen LogP contribution in [0.1, 0.15) is 15.9 Å². The SMILES string of the molecule is Cn1c(=O)sc2cc(C(=O)c3ccc(Br)cc3)ccc21. The van der Waals surface area contributed by atoms with Crippen LogP contribution in [0.5, 0.6) is 0 Å². The average Bonchev–Trinajstić information content (AvgIpc) is 2.74. The lowest BCUT2D eigenvalue weighted by Gasteiger charge is -2.02. The smallest absolute Gasteiger partial charge is 0.302 e. The Labute approximate surface area is 127 Å². The van der Waals surface area contributed by atoms with Crippen molar-refractivity contribution in [3.8, 4) is 0 Å². The van der Waals surface area contributed by atoms with E-state index < -0.39 is 0 Å². The Morgan fingerprint density at radius 1 is 1.10 bits per heavy atom. The molecule has 20 heavy (non-hydrogen) atoms. The molecule has 0 saturated heterocycles. The van der Waals surface area contributed by atoms with E-state index in [1.54, 1.807) is 35.9 Å². The van der Waals surface area contributed by atoms with Crippen molar-refractivity contribution < 1.29 is 4.79 Å². The molecule has 0 aliphatic heterocycles. The molecule has 0 aliphatic rings. The standard InChI is InChI=1S/C15H10BrNO2S/c1-17-12-7-4-10(8-13(12)20-15(17)19)14(18)9-2-5-11(16)6-3-9/h2-8H,1H3. The molecule has 3 rings (SSSR count). The summed E-state index contributed by atoms with van der Waals surface area (Å²) in [6.07, 6.45) is 0. The lowest BCUT2D eigenvalue weighted by Crippen LogP contribution is -2.06. The Kier molecular flexibility index (Phi) is 3.31. The Morgan fingerprint density at radius 3 is 2.45 bits per heavy atom. The van der Waals surface area contributed by atoms with E-state index in [0.29, 0.717) is 11.1 Å². The quantitative estimate of drug-likeness (QED) is 0.664. The van der Waals surface area contributed by atoms with Gasteiger partial charge in [-0.1, -0.05) is 27.3 Å². The molecule has 100 valence electrons. The van der Waals surface area contributed by atoms with Crippen LogP contribution in [-0.2, 0) is 7.05 Å². The zero-order valence-corrected chi connectivity index (χ0v) is 13.0. The predicted molar refractivity (Wildman–Crippen MR) is 84.6 cm³/mol. The van der Waals surface area contributed by atoms with Gasteiger partial charge in [0, 0.05) is 22.6 Å². The molecule has 0 atom stereocenters. The molecule has 1 heterocycles. The van der Waals surface area contributed by atoms with Crippen molar-refractivity contribution in [2.24, 2.45) is 7.05 Å². The van der Waals surface area contributed by atoms with Crippen molar-refractivity contribution in [2.75, 3.05) is 0 Å². The fraction of sp³-hybridized carbons (Fsp3) is 0.0667. The van der Waals surface area contributed by atoms with E-state index in [-0.39, 0.29) is 10.7 Å². The van der Waals surface area contributed by atoms with Crippen LogP contribution in [0.2, 0.25) is 0 Å². The van der Waals surface area contributed by atoms with Gasteiger partial charge in [0.2, 0.25) is 0 Å². The molecule has 0 aliphatic carbocycles. The van der Waals surface area contributed by atoms with Crippen LogP contribution in [0.3, 0.4) is 0 Å². The summed E-state index contributed by atoms with van der Waals surface area (Å²) in [7, 11) is 1.73. The molecule has 1 aromatic heterocycles. The molecule has 0 unspecified atom stereocenters. The van der Waals surface area contributed by atoms with Gasteiger partial charge in [-0.15, -0.1) is 0 Å². The molecule has 0 amide bonds. The molecule has 5 heteroatoms. The number of carbonyl (C=O) groups is 1. The van der Waals surface area contributed by atoms with Gasteiger partial charge in [-0.05, 0) is 42.5 Å². The van der Waals surface area contributed by atoms with Crippen LogP contribution in [0.4, 0.5) is 0 Å². The highest BCUT2D eigenvalue weighted by Gasteiger charge is 2.11. The summed E-state index contributed by atoms with van der Waals surface area (Å²) in [5.41, 5.74) is 2.09. The number of fused-ring (bicyclic) bond motifs is 1.